The van der Waals surface area contributed by atoms with E-state index in [1.54, 1.807) is 11.0 Å². The van der Waals surface area contributed by atoms with Crippen molar-refractivity contribution in [3.05, 3.63) is 88.2 Å². The van der Waals surface area contributed by atoms with Crippen LogP contribution in [-0.2, 0) is 24.3 Å². The molecule has 1 aliphatic rings. The SMILES string of the molecule is Cc1ccc(Cn2cncc2CC[C@@H]2CCN(Cc3cc(F)cc(Cl)c3)C2=O)cc1. The molecule has 4 nitrogen and oxygen atoms in total. The van der Waals surface area contributed by atoms with Crippen LogP contribution in [0.2, 0.25) is 5.02 Å². The van der Waals surface area contributed by atoms with Crippen molar-refractivity contribution in [2.45, 2.75) is 39.3 Å². The van der Waals surface area contributed by atoms with Gasteiger partial charge in [0.05, 0.1) is 6.33 Å². The molecule has 156 valence electrons. The van der Waals surface area contributed by atoms with Gasteiger partial charge in [-0.2, -0.15) is 0 Å². The Morgan fingerprint density at radius 2 is 1.93 bits per heavy atom. The summed E-state index contributed by atoms with van der Waals surface area (Å²) in [5.41, 5.74) is 4.34. The van der Waals surface area contributed by atoms with Gasteiger partial charge in [0.1, 0.15) is 5.82 Å². The molecule has 2 heterocycles. The summed E-state index contributed by atoms with van der Waals surface area (Å²) in [6.07, 6.45) is 6.17. The van der Waals surface area contributed by atoms with Gasteiger partial charge < -0.3 is 9.47 Å². The fourth-order valence-corrected chi connectivity index (χ4v) is 4.31. The van der Waals surface area contributed by atoms with Crippen LogP contribution in [0.15, 0.2) is 55.0 Å². The Hall–Kier alpha value is -2.66. The van der Waals surface area contributed by atoms with Gasteiger partial charge in [0.2, 0.25) is 5.91 Å². The molecular weight excluding hydrogens is 401 g/mol. The average molecular weight is 426 g/mol. The third-order valence-corrected chi connectivity index (χ3v) is 5.94. The molecule has 1 aliphatic heterocycles. The molecular formula is C24H25ClFN3O. The van der Waals surface area contributed by atoms with Gasteiger partial charge in [0, 0.05) is 42.5 Å². The van der Waals surface area contributed by atoms with Crippen LogP contribution in [0.4, 0.5) is 4.39 Å². The van der Waals surface area contributed by atoms with Gasteiger partial charge in [-0.3, -0.25) is 4.79 Å². The van der Waals surface area contributed by atoms with Crippen molar-refractivity contribution in [3.63, 3.8) is 0 Å². The first-order chi connectivity index (χ1) is 14.5. The van der Waals surface area contributed by atoms with Gasteiger partial charge in [-0.15, -0.1) is 0 Å². The maximum absolute atomic E-state index is 13.6. The Balaban J connectivity index is 1.34. The molecule has 1 atom stereocenters. The number of aryl methyl sites for hydroxylation is 2. The van der Waals surface area contributed by atoms with E-state index in [2.05, 4.69) is 40.7 Å². The number of carbonyl (C=O) groups excluding carboxylic acids is 1. The molecule has 0 saturated carbocycles. The minimum absolute atomic E-state index is 0.00300. The van der Waals surface area contributed by atoms with E-state index in [0.717, 1.165) is 37.1 Å². The number of rotatable bonds is 7. The average Bonchev–Trinajstić information content (AvgIpc) is 3.28. The van der Waals surface area contributed by atoms with Crippen LogP contribution in [0.3, 0.4) is 0 Å². The number of amides is 1. The molecule has 1 aromatic heterocycles. The summed E-state index contributed by atoms with van der Waals surface area (Å²) in [5.74, 6) is -0.237. The first-order valence-electron chi connectivity index (χ1n) is 10.3. The molecule has 0 unspecified atom stereocenters. The summed E-state index contributed by atoms with van der Waals surface area (Å²) in [5, 5.41) is 0.357. The molecule has 4 rings (SSSR count). The minimum Gasteiger partial charge on any atom is -0.338 e. The topological polar surface area (TPSA) is 38.1 Å². The first kappa shape index (κ1) is 20.6. The van der Waals surface area contributed by atoms with E-state index in [0.29, 0.717) is 18.1 Å². The van der Waals surface area contributed by atoms with Gasteiger partial charge in [0.15, 0.2) is 0 Å². The monoisotopic (exact) mass is 425 g/mol. The minimum atomic E-state index is -0.373. The Labute approximate surface area is 181 Å². The van der Waals surface area contributed by atoms with E-state index in [1.807, 2.05) is 12.5 Å². The lowest BCUT2D eigenvalue weighted by atomic mass is 10.0. The number of carbonyl (C=O) groups is 1. The van der Waals surface area contributed by atoms with Crippen molar-refractivity contribution in [1.29, 1.82) is 0 Å². The van der Waals surface area contributed by atoms with Gasteiger partial charge in [-0.25, -0.2) is 9.37 Å². The summed E-state index contributed by atoms with van der Waals surface area (Å²) in [6.45, 7) is 3.95. The zero-order valence-electron chi connectivity index (χ0n) is 17.0. The number of halogens is 2. The second-order valence-corrected chi connectivity index (χ2v) is 8.50. The summed E-state index contributed by atoms with van der Waals surface area (Å²) in [6, 6.07) is 12.9. The lowest BCUT2D eigenvalue weighted by Gasteiger charge is -2.17. The lowest BCUT2D eigenvalue weighted by Crippen LogP contribution is -2.27. The van der Waals surface area contributed by atoms with Crippen LogP contribution in [-0.4, -0.2) is 26.9 Å². The number of nitrogens with zero attached hydrogens (tertiary/aromatic N) is 3. The van der Waals surface area contributed by atoms with Crippen molar-refractivity contribution >= 4 is 17.5 Å². The van der Waals surface area contributed by atoms with E-state index in [-0.39, 0.29) is 17.6 Å². The zero-order valence-corrected chi connectivity index (χ0v) is 17.8. The fraction of sp³-hybridized carbons (Fsp3) is 0.333. The summed E-state index contributed by atoms with van der Waals surface area (Å²) >= 11 is 5.94. The molecule has 0 aliphatic carbocycles. The quantitative estimate of drug-likeness (QED) is 0.533. The van der Waals surface area contributed by atoms with Crippen LogP contribution in [0.1, 0.15) is 35.2 Å². The molecule has 1 amide bonds. The Morgan fingerprint density at radius 1 is 1.13 bits per heavy atom. The van der Waals surface area contributed by atoms with Crippen molar-refractivity contribution in [2.75, 3.05) is 6.54 Å². The number of imidazole rings is 1. The molecule has 6 heteroatoms. The molecule has 30 heavy (non-hydrogen) atoms. The zero-order chi connectivity index (χ0) is 21.1. The predicted molar refractivity (Wildman–Crippen MR) is 116 cm³/mol. The third-order valence-electron chi connectivity index (χ3n) is 5.73. The van der Waals surface area contributed by atoms with Gasteiger partial charge in [-0.05, 0) is 55.5 Å². The normalized spacial score (nSPS) is 16.4. The fourth-order valence-electron chi connectivity index (χ4n) is 4.06. The number of aromatic nitrogens is 2. The molecule has 0 N–H and O–H groups in total. The Bertz CT molecular complexity index is 1010. The molecule has 3 aromatic rings. The number of likely N-dealkylation sites (tertiary alicyclic amines) is 1. The lowest BCUT2D eigenvalue weighted by molar-refractivity contribution is -0.131. The highest BCUT2D eigenvalue weighted by molar-refractivity contribution is 6.30. The first-order valence-corrected chi connectivity index (χ1v) is 10.6. The number of hydrogen-bond donors (Lipinski definition) is 0. The van der Waals surface area contributed by atoms with Crippen molar-refractivity contribution in [3.8, 4) is 0 Å². The molecule has 2 aromatic carbocycles. The van der Waals surface area contributed by atoms with Crippen LogP contribution in [0, 0.1) is 18.7 Å². The third kappa shape index (κ3) is 4.90. The van der Waals surface area contributed by atoms with Crippen LogP contribution < -0.4 is 0 Å². The smallest absolute Gasteiger partial charge is 0.226 e. The van der Waals surface area contributed by atoms with Gasteiger partial charge in [-0.1, -0.05) is 41.4 Å². The summed E-state index contributed by atoms with van der Waals surface area (Å²) < 4.78 is 15.7. The molecule has 0 bridgehead atoms. The number of benzene rings is 2. The highest BCUT2D eigenvalue weighted by Gasteiger charge is 2.31. The van der Waals surface area contributed by atoms with Gasteiger partial charge >= 0.3 is 0 Å². The van der Waals surface area contributed by atoms with Crippen molar-refractivity contribution in [2.24, 2.45) is 5.92 Å². The van der Waals surface area contributed by atoms with Crippen LogP contribution in [0.25, 0.3) is 0 Å². The Morgan fingerprint density at radius 3 is 2.70 bits per heavy atom. The van der Waals surface area contributed by atoms with Gasteiger partial charge in [0.25, 0.3) is 0 Å². The summed E-state index contributed by atoms with van der Waals surface area (Å²) in [4.78, 5) is 18.9. The van der Waals surface area contributed by atoms with Crippen molar-refractivity contribution in [1.82, 2.24) is 14.5 Å². The summed E-state index contributed by atoms with van der Waals surface area (Å²) in [7, 11) is 0. The molecule has 0 radical (unpaired) electrons. The predicted octanol–water partition coefficient (Wildman–Crippen LogP) is 5.01. The maximum Gasteiger partial charge on any atom is 0.226 e. The van der Waals surface area contributed by atoms with E-state index in [1.165, 1.54) is 23.3 Å². The maximum atomic E-state index is 13.6. The number of hydrogen-bond acceptors (Lipinski definition) is 2. The standard InChI is InChI=1S/C24H25ClFN3O/c1-17-2-4-18(5-3-17)14-29-16-27-13-23(29)7-6-20-8-9-28(24(20)30)15-19-10-21(25)12-22(26)11-19/h2-5,10-13,16,20H,6-9,14-15H2,1H3/t20-/m1/s1. The second-order valence-electron chi connectivity index (χ2n) is 8.06. The van der Waals surface area contributed by atoms with E-state index >= 15 is 0 Å². The van der Waals surface area contributed by atoms with Crippen molar-refractivity contribution < 1.29 is 9.18 Å². The molecule has 0 spiro atoms. The highest BCUT2D eigenvalue weighted by atomic mass is 35.5. The van der Waals surface area contributed by atoms with E-state index < -0.39 is 0 Å². The van der Waals surface area contributed by atoms with Crippen LogP contribution in [0.5, 0.6) is 0 Å². The molecule has 1 fully saturated rings. The van der Waals surface area contributed by atoms with E-state index in [9.17, 15) is 9.18 Å². The van der Waals surface area contributed by atoms with Crippen LogP contribution >= 0.6 is 11.6 Å². The largest absolute Gasteiger partial charge is 0.338 e. The second kappa shape index (κ2) is 9.00. The highest BCUT2D eigenvalue weighted by Crippen LogP contribution is 2.26. The van der Waals surface area contributed by atoms with E-state index in [4.69, 9.17) is 11.6 Å². The molecule has 1 saturated heterocycles. The Kier molecular flexibility index (Phi) is 6.18.